The number of ether oxygens (including phenoxy) is 1. The molecule has 8 atom stereocenters. The molecule has 1 amide bonds. The smallest absolute Gasteiger partial charge is 0.237 e. The van der Waals surface area contributed by atoms with Crippen molar-refractivity contribution >= 4 is 17.7 Å². The van der Waals surface area contributed by atoms with Gasteiger partial charge in [-0.2, -0.15) is 0 Å². The number of rotatable bonds is 9. The van der Waals surface area contributed by atoms with E-state index < -0.39 is 35.9 Å². The molecule has 0 aromatic rings. The third-order valence-electron chi connectivity index (χ3n) is 6.40. The minimum absolute atomic E-state index is 0.0641. The average molecular weight is 432 g/mol. The molecule has 2 heterocycles. The summed E-state index contributed by atoms with van der Waals surface area (Å²) >= 11 is 1.28. The Balaban J connectivity index is 1.68. The number of aliphatic hydroxyl groups is 3. The number of likely N-dealkylation sites (N-methyl/N-ethyl adjacent to an activating group) is 1. The minimum atomic E-state index is -1.31. The van der Waals surface area contributed by atoms with Gasteiger partial charge in [-0.05, 0) is 44.9 Å². The van der Waals surface area contributed by atoms with Gasteiger partial charge in [-0.25, -0.2) is 0 Å². The molecule has 29 heavy (non-hydrogen) atoms. The number of hydrogen-bond donors (Lipinski definition) is 5. The lowest BCUT2D eigenvalue weighted by Gasteiger charge is -2.43. The molecule has 0 radical (unpaired) electrons. The fraction of sp³-hybridized carbons (Fsp3) is 0.950. The van der Waals surface area contributed by atoms with Crippen LogP contribution in [0, 0.1) is 5.92 Å². The molecular weight excluding hydrogens is 394 g/mol. The standard InChI is InChI=1S/C20H37N3O5S/c1-4-5-11-8-14(23(2)10-11)19(27)22-13(9-21-12-6-7-12)18-16(25)15(24)17(26)20(28-18)29-3/h11-18,20-21,24-26H,4-10H2,1-3H3,(H,22,27)/t11-,13-,14+,15?,16?,17?,18?,20?/m1/s1. The van der Waals surface area contributed by atoms with E-state index in [0.29, 0.717) is 18.5 Å². The maximum atomic E-state index is 13.1. The molecule has 3 fully saturated rings. The second kappa shape index (κ2) is 10.3. The Bertz CT molecular complexity index is 550. The van der Waals surface area contributed by atoms with Crippen molar-refractivity contribution in [2.75, 3.05) is 26.4 Å². The van der Waals surface area contributed by atoms with Crippen LogP contribution in [-0.4, -0.2) is 100 Å². The van der Waals surface area contributed by atoms with Gasteiger partial charge in [-0.3, -0.25) is 9.69 Å². The predicted molar refractivity (Wildman–Crippen MR) is 113 cm³/mol. The van der Waals surface area contributed by atoms with Gasteiger partial charge in [0.1, 0.15) is 29.9 Å². The number of amides is 1. The highest BCUT2D eigenvalue weighted by Crippen LogP contribution is 2.30. The maximum Gasteiger partial charge on any atom is 0.237 e. The Morgan fingerprint density at radius 3 is 2.59 bits per heavy atom. The highest BCUT2D eigenvalue weighted by atomic mass is 32.2. The van der Waals surface area contributed by atoms with Gasteiger partial charge in [0.25, 0.3) is 0 Å². The summed E-state index contributed by atoms with van der Waals surface area (Å²) < 4.78 is 5.93. The number of nitrogens with one attached hydrogen (secondary N) is 2. The molecule has 0 spiro atoms. The van der Waals surface area contributed by atoms with Gasteiger partial charge in [-0.15, -0.1) is 11.8 Å². The number of likely N-dealkylation sites (tertiary alicyclic amines) is 1. The molecule has 0 aromatic heterocycles. The zero-order chi connectivity index (χ0) is 21.1. The van der Waals surface area contributed by atoms with Crippen LogP contribution in [0.4, 0.5) is 0 Å². The van der Waals surface area contributed by atoms with Gasteiger partial charge >= 0.3 is 0 Å². The summed E-state index contributed by atoms with van der Waals surface area (Å²) in [6.45, 7) is 3.53. The van der Waals surface area contributed by atoms with Crippen LogP contribution in [0.15, 0.2) is 0 Å². The van der Waals surface area contributed by atoms with E-state index in [4.69, 9.17) is 4.74 Å². The highest BCUT2D eigenvalue weighted by molar-refractivity contribution is 7.99. The minimum Gasteiger partial charge on any atom is -0.388 e. The molecule has 2 aliphatic heterocycles. The number of aliphatic hydroxyl groups excluding tert-OH is 3. The normalized spacial score (nSPS) is 39.4. The van der Waals surface area contributed by atoms with E-state index in [-0.39, 0.29) is 11.9 Å². The van der Waals surface area contributed by atoms with Crippen molar-refractivity contribution in [2.45, 2.75) is 87.0 Å². The fourth-order valence-corrected chi connectivity index (χ4v) is 5.22. The van der Waals surface area contributed by atoms with E-state index in [1.165, 1.54) is 11.8 Å². The van der Waals surface area contributed by atoms with Gasteiger partial charge in [-0.1, -0.05) is 13.3 Å². The van der Waals surface area contributed by atoms with E-state index in [1.807, 2.05) is 7.05 Å². The van der Waals surface area contributed by atoms with Gasteiger partial charge < -0.3 is 30.7 Å². The van der Waals surface area contributed by atoms with Crippen LogP contribution in [0.3, 0.4) is 0 Å². The first-order valence-electron chi connectivity index (χ1n) is 10.8. The summed E-state index contributed by atoms with van der Waals surface area (Å²) in [6, 6.07) is -0.249. The summed E-state index contributed by atoms with van der Waals surface area (Å²) in [7, 11) is 1.98. The molecule has 1 aliphatic carbocycles. The first kappa shape index (κ1) is 23.2. The lowest BCUT2D eigenvalue weighted by Crippen LogP contribution is -2.65. The molecule has 3 rings (SSSR count). The van der Waals surface area contributed by atoms with E-state index in [0.717, 1.165) is 38.6 Å². The van der Waals surface area contributed by atoms with Gasteiger partial charge in [0.2, 0.25) is 5.91 Å². The summed E-state index contributed by atoms with van der Waals surface area (Å²) in [5, 5.41) is 37.5. The van der Waals surface area contributed by atoms with Crippen LogP contribution in [0.25, 0.3) is 0 Å². The fourth-order valence-electron chi connectivity index (χ4n) is 4.54. The zero-order valence-electron chi connectivity index (χ0n) is 17.7. The SMILES string of the molecule is CCC[C@@H]1C[C@@H](C(=O)N[C@H](CNC2CC2)C2OC(SC)C(O)C(O)C2O)N(C)C1. The van der Waals surface area contributed by atoms with Crippen LogP contribution in [0.5, 0.6) is 0 Å². The number of carbonyl (C=O) groups is 1. The lowest BCUT2D eigenvalue weighted by atomic mass is 9.94. The number of hydrogen-bond acceptors (Lipinski definition) is 8. The quantitative estimate of drug-likeness (QED) is 0.332. The molecule has 1 saturated carbocycles. The van der Waals surface area contributed by atoms with Crippen molar-refractivity contribution in [3.8, 4) is 0 Å². The summed E-state index contributed by atoms with van der Waals surface area (Å²) in [5.74, 6) is 0.462. The van der Waals surface area contributed by atoms with Crippen molar-refractivity contribution in [2.24, 2.45) is 5.92 Å². The van der Waals surface area contributed by atoms with Gasteiger partial charge in [0.15, 0.2) is 0 Å². The molecule has 9 heteroatoms. The van der Waals surface area contributed by atoms with Crippen LogP contribution < -0.4 is 10.6 Å². The third kappa shape index (κ3) is 5.64. The first-order chi connectivity index (χ1) is 13.8. The summed E-state index contributed by atoms with van der Waals surface area (Å²) in [6.07, 6.45) is 2.52. The monoisotopic (exact) mass is 431 g/mol. The van der Waals surface area contributed by atoms with Crippen LogP contribution in [0.1, 0.15) is 39.0 Å². The Hall–Kier alpha value is -0.420. The molecule has 168 valence electrons. The van der Waals surface area contributed by atoms with Crippen molar-refractivity contribution in [1.29, 1.82) is 0 Å². The average Bonchev–Trinajstić information content (AvgIpc) is 3.45. The van der Waals surface area contributed by atoms with Crippen molar-refractivity contribution in [1.82, 2.24) is 15.5 Å². The highest BCUT2D eigenvalue weighted by Gasteiger charge is 2.47. The largest absolute Gasteiger partial charge is 0.388 e. The molecule has 0 bridgehead atoms. The summed E-state index contributed by atoms with van der Waals surface area (Å²) in [4.78, 5) is 15.2. The molecule has 5 N–H and O–H groups in total. The van der Waals surface area contributed by atoms with Crippen molar-refractivity contribution in [3.63, 3.8) is 0 Å². The second-order valence-electron chi connectivity index (χ2n) is 8.82. The summed E-state index contributed by atoms with van der Waals surface area (Å²) in [5.41, 5.74) is -0.651. The van der Waals surface area contributed by atoms with E-state index in [2.05, 4.69) is 22.5 Å². The number of nitrogens with zero attached hydrogens (tertiary/aromatic N) is 1. The van der Waals surface area contributed by atoms with E-state index in [1.54, 1.807) is 6.26 Å². The Labute approximate surface area is 177 Å². The van der Waals surface area contributed by atoms with Gasteiger partial charge in [0.05, 0.1) is 12.1 Å². The Morgan fingerprint density at radius 1 is 1.24 bits per heavy atom. The molecule has 0 aromatic carbocycles. The molecule has 5 unspecified atom stereocenters. The second-order valence-corrected chi connectivity index (χ2v) is 9.76. The van der Waals surface area contributed by atoms with Gasteiger partial charge in [0, 0.05) is 19.1 Å². The zero-order valence-corrected chi connectivity index (χ0v) is 18.5. The van der Waals surface area contributed by atoms with E-state index >= 15 is 0 Å². The topological polar surface area (TPSA) is 114 Å². The lowest BCUT2D eigenvalue weighted by molar-refractivity contribution is -0.205. The number of thioether (sulfide) groups is 1. The van der Waals surface area contributed by atoms with E-state index in [9.17, 15) is 20.1 Å². The van der Waals surface area contributed by atoms with Crippen molar-refractivity contribution < 1.29 is 24.9 Å². The molecule has 8 nitrogen and oxygen atoms in total. The van der Waals surface area contributed by atoms with Crippen LogP contribution in [-0.2, 0) is 9.53 Å². The molecule has 3 aliphatic rings. The third-order valence-corrected chi connectivity index (χ3v) is 7.26. The first-order valence-corrected chi connectivity index (χ1v) is 12.1. The maximum absolute atomic E-state index is 13.1. The van der Waals surface area contributed by atoms with Crippen molar-refractivity contribution in [3.05, 3.63) is 0 Å². The Morgan fingerprint density at radius 2 is 1.97 bits per heavy atom. The van der Waals surface area contributed by atoms with Crippen LogP contribution in [0.2, 0.25) is 0 Å². The van der Waals surface area contributed by atoms with Crippen LogP contribution >= 0.6 is 11.8 Å². The molecular formula is C20H37N3O5S. The number of carbonyl (C=O) groups excluding carboxylic acids is 1. The Kier molecular flexibility index (Phi) is 8.22. The predicted octanol–water partition coefficient (Wildman–Crippen LogP) is -0.486. The molecule has 2 saturated heterocycles.